The average molecular weight is 393 g/mol. The SMILES string of the molecule is CC(C)(C)OC(=O)N1C2CCCC1CC(C(=O)CB1OC(C)(C)C(C)(C)O1)C2. The van der Waals surface area contributed by atoms with Gasteiger partial charge in [-0.2, -0.15) is 0 Å². The van der Waals surface area contributed by atoms with Crippen molar-refractivity contribution < 1.29 is 23.6 Å². The lowest BCUT2D eigenvalue weighted by molar-refractivity contribution is -0.125. The number of ketones is 1. The summed E-state index contributed by atoms with van der Waals surface area (Å²) >= 11 is 0. The third-order valence-electron chi connectivity index (χ3n) is 6.70. The minimum atomic E-state index is -0.505. The standard InChI is InChI=1S/C21H36BNO5/c1-19(2,3)26-18(25)23-15-9-8-10-16(23)12-14(11-15)17(24)13-22-27-20(4,5)21(6,7)28-22/h14-16H,8-13H2,1-7H3. The Morgan fingerprint density at radius 1 is 1.04 bits per heavy atom. The fourth-order valence-corrected chi connectivity index (χ4v) is 4.64. The Morgan fingerprint density at radius 3 is 2.00 bits per heavy atom. The molecule has 0 aromatic rings. The molecule has 3 saturated heterocycles. The molecule has 0 spiro atoms. The molecule has 3 heterocycles. The molecule has 0 N–H and O–H groups in total. The van der Waals surface area contributed by atoms with E-state index in [2.05, 4.69) is 0 Å². The van der Waals surface area contributed by atoms with E-state index in [1.807, 2.05) is 53.4 Å². The summed E-state index contributed by atoms with van der Waals surface area (Å²) in [6.45, 7) is 13.7. The quantitative estimate of drug-likeness (QED) is 0.672. The Hall–Kier alpha value is -1.08. The van der Waals surface area contributed by atoms with Crippen molar-refractivity contribution >= 4 is 19.0 Å². The summed E-state index contributed by atoms with van der Waals surface area (Å²) in [5, 5.41) is 0. The van der Waals surface area contributed by atoms with Gasteiger partial charge in [0.25, 0.3) is 0 Å². The van der Waals surface area contributed by atoms with Gasteiger partial charge in [-0.25, -0.2) is 4.79 Å². The van der Waals surface area contributed by atoms with Crippen molar-refractivity contribution in [3.05, 3.63) is 0 Å². The third-order valence-corrected chi connectivity index (χ3v) is 6.70. The minimum absolute atomic E-state index is 0.0342. The largest absolute Gasteiger partial charge is 0.465 e. The molecule has 3 rings (SSSR count). The second-order valence-corrected chi connectivity index (χ2v) is 10.7. The number of fused-ring (bicyclic) bond motifs is 2. The minimum Gasteiger partial charge on any atom is -0.444 e. The fraction of sp³-hybridized carbons (Fsp3) is 0.905. The van der Waals surface area contributed by atoms with Gasteiger partial charge in [-0.05, 0) is 80.6 Å². The predicted octanol–water partition coefficient (Wildman–Crippen LogP) is 4.22. The zero-order chi connectivity index (χ0) is 20.9. The molecule has 158 valence electrons. The van der Waals surface area contributed by atoms with Gasteiger partial charge >= 0.3 is 13.2 Å². The van der Waals surface area contributed by atoms with Gasteiger partial charge in [0.15, 0.2) is 0 Å². The van der Waals surface area contributed by atoms with E-state index < -0.39 is 23.9 Å². The molecule has 3 aliphatic heterocycles. The van der Waals surface area contributed by atoms with E-state index in [1.165, 1.54) is 0 Å². The first-order valence-electron chi connectivity index (χ1n) is 10.7. The van der Waals surface area contributed by atoms with E-state index in [9.17, 15) is 9.59 Å². The maximum atomic E-state index is 13.0. The molecule has 2 unspecified atom stereocenters. The zero-order valence-electron chi connectivity index (χ0n) is 18.5. The topological polar surface area (TPSA) is 65.1 Å². The van der Waals surface area contributed by atoms with Crippen molar-refractivity contribution in [1.82, 2.24) is 4.90 Å². The van der Waals surface area contributed by atoms with Gasteiger partial charge in [-0.1, -0.05) is 0 Å². The average Bonchev–Trinajstić information content (AvgIpc) is 2.70. The van der Waals surface area contributed by atoms with Gasteiger partial charge < -0.3 is 18.9 Å². The van der Waals surface area contributed by atoms with Crippen LogP contribution in [-0.4, -0.2) is 52.8 Å². The van der Waals surface area contributed by atoms with Gasteiger partial charge in [0.2, 0.25) is 0 Å². The van der Waals surface area contributed by atoms with Crippen molar-refractivity contribution in [3.63, 3.8) is 0 Å². The monoisotopic (exact) mass is 393 g/mol. The Kier molecular flexibility index (Phi) is 5.65. The van der Waals surface area contributed by atoms with E-state index in [0.29, 0.717) is 12.8 Å². The maximum absolute atomic E-state index is 13.0. The van der Waals surface area contributed by atoms with Crippen LogP contribution in [0.1, 0.15) is 80.6 Å². The summed E-state index contributed by atoms with van der Waals surface area (Å²) in [4.78, 5) is 27.6. The summed E-state index contributed by atoms with van der Waals surface area (Å²) in [7, 11) is -0.485. The molecule has 0 saturated carbocycles. The van der Waals surface area contributed by atoms with Gasteiger partial charge in [0.1, 0.15) is 11.4 Å². The van der Waals surface area contributed by atoms with Crippen LogP contribution in [0.15, 0.2) is 0 Å². The summed E-state index contributed by atoms with van der Waals surface area (Å²) in [5.41, 5.74) is -1.35. The first-order chi connectivity index (χ1) is 12.8. The molecule has 3 fully saturated rings. The number of rotatable bonds is 3. The van der Waals surface area contributed by atoms with E-state index in [1.54, 1.807) is 0 Å². The fourth-order valence-electron chi connectivity index (χ4n) is 4.64. The van der Waals surface area contributed by atoms with Gasteiger partial charge in [0, 0.05) is 24.3 Å². The Morgan fingerprint density at radius 2 is 1.54 bits per heavy atom. The number of ether oxygens (including phenoxy) is 1. The number of piperidine rings is 2. The number of carbonyl (C=O) groups is 2. The summed E-state index contributed by atoms with van der Waals surface area (Å²) in [6, 6.07) is 0.184. The molecule has 1 amide bonds. The van der Waals surface area contributed by atoms with E-state index in [-0.39, 0.29) is 36.2 Å². The lowest BCUT2D eigenvalue weighted by Crippen LogP contribution is -2.56. The van der Waals surface area contributed by atoms with Crippen LogP contribution in [0.2, 0.25) is 6.32 Å². The predicted molar refractivity (Wildman–Crippen MR) is 108 cm³/mol. The van der Waals surface area contributed by atoms with Crippen molar-refractivity contribution in [2.45, 2.75) is 116 Å². The first kappa shape index (κ1) is 21.6. The molecule has 2 bridgehead atoms. The summed E-state index contributed by atoms with van der Waals surface area (Å²) in [6.07, 6.45) is 4.46. The maximum Gasteiger partial charge on any atom is 0.465 e. The molecule has 0 radical (unpaired) electrons. The van der Waals surface area contributed by atoms with Crippen LogP contribution in [0.3, 0.4) is 0 Å². The number of hydrogen-bond donors (Lipinski definition) is 0. The number of nitrogens with zero attached hydrogens (tertiary/aromatic N) is 1. The summed E-state index contributed by atoms with van der Waals surface area (Å²) < 4.78 is 17.6. The highest BCUT2D eigenvalue weighted by Crippen LogP contribution is 2.41. The van der Waals surface area contributed by atoms with Crippen LogP contribution >= 0.6 is 0 Å². The normalized spacial score (nSPS) is 31.6. The Balaban J connectivity index is 1.62. The van der Waals surface area contributed by atoms with Crippen LogP contribution in [-0.2, 0) is 18.8 Å². The van der Waals surface area contributed by atoms with Gasteiger partial charge in [-0.3, -0.25) is 4.79 Å². The van der Waals surface area contributed by atoms with Crippen molar-refractivity contribution in [2.24, 2.45) is 5.92 Å². The summed E-state index contributed by atoms with van der Waals surface area (Å²) in [5.74, 6) is 0.159. The van der Waals surface area contributed by atoms with Crippen molar-refractivity contribution in [1.29, 1.82) is 0 Å². The molecule has 2 atom stereocenters. The highest BCUT2D eigenvalue weighted by Gasteiger charge is 2.52. The molecular weight excluding hydrogens is 357 g/mol. The first-order valence-corrected chi connectivity index (χ1v) is 10.7. The van der Waals surface area contributed by atoms with Gasteiger partial charge in [0.05, 0.1) is 11.2 Å². The molecule has 0 aliphatic carbocycles. The lowest BCUT2D eigenvalue weighted by Gasteiger charge is -2.48. The highest BCUT2D eigenvalue weighted by molar-refractivity contribution is 6.50. The number of carbonyl (C=O) groups excluding carboxylic acids is 2. The molecule has 0 aromatic heterocycles. The smallest absolute Gasteiger partial charge is 0.444 e. The molecule has 28 heavy (non-hydrogen) atoms. The molecule has 3 aliphatic rings. The van der Waals surface area contributed by atoms with E-state index in [4.69, 9.17) is 14.0 Å². The van der Waals surface area contributed by atoms with Crippen LogP contribution < -0.4 is 0 Å². The van der Waals surface area contributed by atoms with Crippen molar-refractivity contribution in [2.75, 3.05) is 0 Å². The lowest BCUT2D eigenvalue weighted by atomic mass is 9.71. The Labute approximate surface area is 169 Å². The molecule has 0 aromatic carbocycles. The zero-order valence-corrected chi connectivity index (χ0v) is 18.5. The van der Waals surface area contributed by atoms with Crippen LogP contribution in [0.25, 0.3) is 0 Å². The van der Waals surface area contributed by atoms with E-state index in [0.717, 1.165) is 19.3 Å². The number of Topliss-reactive ketones (excluding diaryl/α,β-unsaturated/α-hetero) is 1. The Bertz CT molecular complexity index is 597. The highest BCUT2D eigenvalue weighted by atomic mass is 16.7. The molecule has 7 heteroatoms. The van der Waals surface area contributed by atoms with E-state index >= 15 is 0 Å². The van der Waals surface area contributed by atoms with Crippen LogP contribution in [0.4, 0.5) is 4.79 Å². The van der Waals surface area contributed by atoms with Gasteiger partial charge in [-0.15, -0.1) is 0 Å². The number of amides is 1. The molecule has 6 nitrogen and oxygen atoms in total. The van der Waals surface area contributed by atoms with Crippen molar-refractivity contribution in [3.8, 4) is 0 Å². The van der Waals surface area contributed by atoms with Crippen LogP contribution in [0, 0.1) is 5.92 Å². The molecular formula is C21H36BNO5. The number of hydrogen-bond acceptors (Lipinski definition) is 5. The third kappa shape index (κ3) is 4.40. The second-order valence-electron chi connectivity index (χ2n) is 10.7. The van der Waals surface area contributed by atoms with Crippen LogP contribution in [0.5, 0.6) is 0 Å². The second kappa shape index (κ2) is 7.31.